The first kappa shape index (κ1) is 5.31. The highest BCUT2D eigenvalue weighted by Gasteiger charge is 2.04. The van der Waals surface area contributed by atoms with E-state index in [4.69, 9.17) is 0 Å². The molecule has 1 atom stereocenters. The fourth-order valence-corrected chi connectivity index (χ4v) is 1.60. The van der Waals surface area contributed by atoms with Crippen LogP contribution in [0.1, 0.15) is 12.8 Å². The van der Waals surface area contributed by atoms with Crippen molar-refractivity contribution in [2.45, 2.75) is 18.5 Å². The first-order chi connectivity index (χ1) is 3.43. The van der Waals surface area contributed by atoms with Crippen LogP contribution >= 0.6 is 8.58 Å². The average Bonchev–Trinajstić information content (AvgIpc) is 2.14. The van der Waals surface area contributed by atoms with Gasteiger partial charge in [0.15, 0.2) is 0 Å². The molecule has 0 bridgehead atoms. The molecule has 40 valence electrons. The summed E-state index contributed by atoms with van der Waals surface area (Å²) < 4.78 is 0. The van der Waals surface area contributed by atoms with Crippen LogP contribution in [-0.4, -0.2) is 12.3 Å². The lowest BCUT2D eigenvalue weighted by molar-refractivity contribution is 0.948. The van der Waals surface area contributed by atoms with Gasteiger partial charge in [-0.3, -0.25) is 0 Å². The zero-order valence-electron chi connectivity index (χ0n) is 4.65. The van der Waals surface area contributed by atoms with Gasteiger partial charge in [0.2, 0.25) is 0 Å². The lowest BCUT2D eigenvalue weighted by Crippen LogP contribution is -1.88. The third kappa shape index (κ3) is 1.28. The SMILES string of the molecule is CPC1CC=CC1. The van der Waals surface area contributed by atoms with Gasteiger partial charge in [-0.15, -0.1) is 8.58 Å². The molecule has 1 aliphatic rings. The van der Waals surface area contributed by atoms with Gasteiger partial charge in [-0.2, -0.15) is 0 Å². The van der Waals surface area contributed by atoms with Crippen molar-refractivity contribution in [1.29, 1.82) is 0 Å². The van der Waals surface area contributed by atoms with Gasteiger partial charge in [0.1, 0.15) is 0 Å². The van der Waals surface area contributed by atoms with E-state index in [0.717, 1.165) is 14.2 Å². The molecule has 0 amide bonds. The van der Waals surface area contributed by atoms with E-state index in [9.17, 15) is 0 Å². The van der Waals surface area contributed by atoms with E-state index in [1.165, 1.54) is 12.8 Å². The molecule has 0 spiro atoms. The van der Waals surface area contributed by atoms with Crippen molar-refractivity contribution in [3.8, 4) is 0 Å². The number of allylic oxidation sites excluding steroid dienone is 2. The summed E-state index contributed by atoms with van der Waals surface area (Å²) >= 11 is 0. The molecule has 0 aliphatic heterocycles. The minimum absolute atomic E-state index is 1.01. The maximum atomic E-state index is 2.29. The standard InChI is InChI=1S/C6H11P/c1-7-6-4-2-3-5-6/h2-3,6-7H,4-5H2,1H3. The van der Waals surface area contributed by atoms with Gasteiger partial charge in [0.05, 0.1) is 0 Å². The molecule has 0 aromatic heterocycles. The molecule has 1 aliphatic carbocycles. The van der Waals surface area contributed by atoms with Gasteiger partial charge in [-0.05, 0) is 25.2 Å². The number of rotatable bonds is 1. The molecule has 0 radical (unpaired) electrons. The molecule has 0 saturated carbocycles. The first-order valence-corrected chi connectivity index (χ1v) is 4.33. The van der Waals surface area contributed by atoms with Gasteiger partial charge >= 0.3 is 0 Å². The van der Waals surface area contributed by atoms with Crippen LogP contribution in [-0.2, 0) is 0 Å². The van der Waals surface area contributed by atoms with E-state index in [1.54, 1.807) is 0 Å². The molecule has 0 fully saturated rings. The highest BCUT2D eigenvalue weighted by molar-refractivity contribution is 7.37. The summed E-state index contributed by atoms with van der Waals surface area (Å²) in [4.78, 5) is 0. The van der Waals surface area contributed by atoms with Gasteiger partial charge < -0.3 is 0 Å². The quantitative estimate of drug-likeness (QED) is 0.361. The Morgan fingerprint density at radius 2 is 2.00 bits per heavy atom. The summed E-state index contributed by atoms with van der Waals surface area (Å²) in [5, 5.41) is 0. The topological polar surface area (TPSA) is 0 Å². The van der Waals surface area contributed by atoms with Crippen LogP contribution in [0.5, 0.6) is 0 Å². The van der Waals surface area contributed by atoms with E-state index in [-0.39, 0.29) is 0 Å². The Morgan fingerprint density at radius 1 is 1.43 bits per heavy atom. The number of hydrogen-bond donors (Lipinski definition) is 0. The summed E-state index contributed by atoms with van der Waals surface area (Å²) in [6.07, 6.45) is 7.27. The Hall–Kier alpha value is 0.170. The van der Waals surface area contributed by atoms with Crippen molar-refractivity contribution in [3.05, 3.63) is 12.2 Å². The molecular weight excluding hydrogens is 103 g/mol. The molecular formula is C6H11P. The third-order valence-electron chi connectivity index (χ3n) is 1.42. The zero-order chi connectivity index (χ0) is 5.11. The van der Waals surface area contributed by atoms with Crippen molar-refractivity contribution in [1.82, 2.24) is 0 Å². The highest BCUT2D eigenvalue weighted by atomic mass is 31.1. The summed E-state index contributed by atoms with van der Waals surface area (Å²) in [5.74, 6) is 0. The Bertz CT molecular complexity index is 68.2. The number of hydrogen-bond acceptors (Lipinski definition) is 0. The molecule has 0 heterocycles. The largest absolute Gasteiger partial charge is 0.121 e. The maximum absolute atomic E-state index is 2.29. The molecule has 1 rings (SSSR count). The van der Waals surface area contributed by atoms with Crippen molar-refractivity contribution in [2.24, 2.45) is 0 Å². The van der Waals surface area contributed by atoms with Gasteiger partial charge in [-0.1, -0.05) is 12.2 Å². The normalized spacial score (nSPS) is 23.0. The summed E-state index contributed by atoms with van der Waals surface area (Å²) in [5.41, 5.74) is 1.01. The second-order valence-corrected chi connectivity index (χ2v) is 3.32. The van der Waals surface area contributed by atoms with Crippen LogP contribution in [0.3, 0.4) is 0 Å². The summed E-state index contributed by atoms with van der Waals surface area (Å²) in [6, 6.07) is 0. The molecule has 7 heavy (non-hydrogen) atoms. The van der Waals surface area contributed by atoms with E-state index >= 15 is 0 Å². The Kier molecular flexibility index (Phi) is 1.87. The summed E-state index contributed by atoms with van der Waals surface area (Å²) in [6.45, 7) is 2.29. The Labute approximate surface area is 46.8 Å². The van der Waals surface area contributed by atoms with Crippen LogP contribution in [0.25, 0.3) is 0 Å². The average molecular weight is 114 g/mol. The molecule has 0 aromatic carbocycles. The predicted octanol–water partition coefficient (Wildman–Crippen LogP) is 2.01. The van der Waals surface area contributed by atoms with Gasteiger partial charge in [-0.25, -0.2) is 0 Å². The van der Waals surface area contributed by atoms with Crippen LogP contribution in [0.2, 0.25) is 0 Å². The minimum atomic E-state index is 1.01. The molecule has 1 unspecified atom stereocenters. The second-order valence-electron chi connectivity index (χ2n) is 1.93. The van der Waals surface area contributed by atoms with Gasteiger partial charge in [0.25, 0.3) is 0 Å². The Balaban J connectivity index is 2.22. The van der Waals surface area contributed by atoms with E-state index in [2.05, 4.69) is 18.8 Å². The van der Waals surface area contributed by atoms with Crippen LogP contribution < -0.4 is 0 Å². The molecule has 0 saturated heterocycles. The first-order valence-electron chi connectivity index (χ1n) is 2.76. The van der Waals surface area contributed by atoms with Crippen molar-refractivity contribution in [2.75, 3.05) is 6.66 Å². The van der Waals surface area contributed by atoms with E-state index < -0.39 is 0 Å². The van der Waals surface area contributed by atoms with E-state index in [1.807, 2.05) is 0 Å². The van der Waals surface area contributed by atoms with Crippen molar-refractivity contribution in [3.63, 3.8) is 0 Å². The zero-order valence-corrected chi connectivity index (χ0v) is 5.65. The van der Waals surface area contributed by atoms with Crippen molar-refractivity contribution < 1.29 is 0 Å². The van der Waals surface area contributed by atoms with Gasteiger partial charge in [0, 0.05) is 0 Å². The molecule has 0 aromatic rings. The third-order valence-corrected chi connectivity index (χ3v) is 2.70. The molecule has 0 N–H and O–H groups in total. The highest BCUT2D eigenvalue weighted by Crippen LogP contribution is 2.26. The monoisotopic (exact) mass is 114 g/mol. The predicted molar refractivity (Wildman–Crippen MR) is 36.4 cm³/mol. The Morgan fingerprint density at radius 3 is 2.29 bits per heavy atom. The maximum Gasteiger partial charge on any atom is -0.0170 e. The fourth-order valence-electron chi connectivity index (χ4n) is 0.853. The molecule has 0 nitrogen and oxygen atoms in total. The lowest BCUT2D eigenvalue weighted by Gasteiger charge is -2.00. The molecule has 1 heteroatoms. The minimum Gasteiger partial charge on any atom is -0.121 e. The lowest BCUT2D eigenvalue weighted by atomic mass is 10.3. The smallest absolute Gasteiger partial charge is 0.0170 e. The van der Waals surface area contributed by atoms with Crippen molar-refractivity contribution >= 4 is 8.58 Å². The van der Waals surface area contributed by atoms with Crippen LogP contribution in [0.4, 0.5) is 0 Å². The van der Waals surface area contributed by atoms with E-state index in [0.29, 0.717) is 0 Å². The second kappa shape index (κ2) is 2.47. The fraction of sp³-hybridized carbons (Fsp3) is 0.667. The summed E-state index contributed by atoms with van der Waals surface area (Å²) in [7, 11) is 1.15. The van der Waals surface area contributed by atoms with Crippen LogP contribution in [0.15, 0.2) is 12.2 Å². The van der Waals surface area contributed by atoms with Crippen LogP contribution in [0, 0.1) is 0 Å².